The Morgan fingerprint density at radius 2 is 2.33 bits per heavy atom. The molecule has 0 unspecified atom stereocenters. The van der Waals surface area contributed by atoms with Gasteiger partial charge in [-0.25, -0.2) is 0 Å². The van der Waals surface area contributed by atoms with E-state index < -0.39 is 4.92 Å². The Kier molecular flexibility index (Phi) is 4.30. The van der Waals surface area contributed by atoms with E-state index in [0.29, 0.717) is 11.3 Å². The quantitative estimate of drug-likeness (QED) is 0.340. The Hall–Kier alpha value is -2.51. The van der Waals surface area contributed by atoms with Gasteiger partial charge in [0, 0.05) is 11.3 Å². The molecule has 4 N–H and O–H groups in total. The zero-order valence-electron chi connectivity index (χ0n) is 10.2. The molecule has 0 saturated heterocycles. The maximum Gasteiger partial charge on any atom is 0.307 e. The van der Waals surface area contributed by atoms with E-state index in [-0.39, 0.29) is 18.1 Å². The van der Waals surface area contributed by atoms with Gasteiger partial charge in [0.25, 0.3) is 0 Å². The van der Waals surface area contributed by atoms with Crippen molar-refractivity contribution in [2.45, 2.75) is 13.5 Å². The van der Waals surface area contributed by atoms with E-state index in [4.69, 9.17) is 16.2 Å². The summed E-state index contributed by atoms with van der Waals surface area (Å²) in [5.74, 6) is 0.193. The minimum atomic E-state index is -0.517. The number of aromatic nitrogens is 2. The van der Waals surface area contributed by atoms with Gasteiger partial charge in [0.1, 0.15) is 12.4 Å². The Balaban J connectivity index is 2.97. The number of nitro groups is 1. The van der Waals surface area contributed by atoms with Gasteiger partial charge < -0.3 is 16.2 Å². The smallest absolute Gasteiger partial charge is 0.307 e. The third-order valence-corrected chi connectivity index (χ3v) is 2.10. The zero-order valence-corrected chi connectivity index (χ0v) is 10.2. The van der Waals surface area contributed by atoms with Crippen LogP contribution in [0.4, 0.5) is 5.69 Å². The summed E-state index contributed by atoms with van der Waals surface area (Å²) in [7, 11) is 1.43. The Labute approximate surface area is 104 Å². The highest BCUT2D eigenvalue weighted by Gasteiger charge is 2.10. The summed E-state index contributed by atoms with van der Waals surface area (Å²) in [6.07, 6.45) is 4.11. The van der Waals surface area contributed by atoms with Gasteiger partial charge in [-0.1, -0.05) is 0 Å². The van der Waals surface area contributed by atoms with Crippen molar-refractivity contribution in [3.8, 4) is 0 Å². The Bertz CT molecular complexity index is 499. The first-order chi connectivity index (χ1) is 8.43. The molecule has 1 heterocycles. The number of allylic oxidation sites excluding steroid dienone is 3. The summed E-state index contributed by atoms with van der Waals surface area (Å²) in [6, 6.07) is 0. The molecule has 98 valence electrons. The van der Waals surface area contributed by atoms with Gasteiger partial charge in [0.15, 0.2) is 5.88 Å². The van der Waals surface area contributed by atoms with Crippen LogP contribution in [0.3, 0.4) is 0 Å². The lowest BCUT2D eigenvalue weighted by Crippen LogP contribution is -2.10. The van der Waals surface area contributed by atoms with Gasteiger partial charge in [0.2, 0.25) is 0 Å². The Morgan fingerprint density at radius 3 is 2.78 bits per heavy atom. The average molecular weight is 253 g/mol. The lowest BCUT2D eigenvalue weighted by Gasteiger charge is -2.07. The summed E-state index contributed by atoms with van der Waals surface area (Å²) < 4.78 is 6.31. The highest BCUT2D eigenvalue weighted by molar-refractivity contribution is 5.26. The van der Waals surface area contributed by atoms with Crippen molar-refractivity contribution in [3.63, 3.8) is 0 Å². The predicted octanol–water partition coefficient (Wildman–Crippen LogP) is 0.470. The van der Waals surface area contributed by atoms with E-state index >= 15 is 0 Å². The highest BCUT2D eigenvalue weighted by atomic mass is 16.6. The number of ether oxygens (including phenoxy) is 1. The molecule has 0 aliphatic heterocycles. The summed E-state index contributed by atoms with van der Waals surface area (Å²) in [4.78, 5) is 10.0. The summed E-state index contributed by atoms with van der Waals surface area (Å²) >= 11 is 0. The molecule has 1 aromatic heterocycles. The van der Waals surface area contributed by atoms with Crippen LogP contribution in [-0.2, 0) is 11.3 Å². The molecule has 1 rings (SSSR count). The maximum absolute atomic E-state index is 10.5. The zero-order chi connectivity index (χ0) is 13.7. The number of hydrogen-bond donors (Lipinski definition) is 2. The number of nitrogens with zero attached hydrogens (tertiary/aromatic N) is 3. The fraction of sp³-hybridized carbons (Fsp3) is 0.300. The molecule has 0 spiro atoms. The number of nitrogens with two attached hydrogens (primary N) is 2. The molecule has 0 aliphatic carbocycles. The lowest BCUT2D eigenvalue weighted by atomic mass is 10.2. The van der Waals surface area contributed by atoms with Crippen LogP contribution in [-0.4, -0.2) is 21.8 Å². The summed E-state index contributed by atoms with van der Waals surface area (Å²) in [6.45, 7) is 1.94. The molecule has 0 saturated carbocycles. The predicted molar refractivity (Wildman–Crippen MR) is 65.0 cm³/mol. The van der Waals surface area contributed by atoms with E-state index in [1.54, 1.807) is 13.0 Å². The number of methoxy groups -OCH3 is 1. The molecule has 8 heteroatoms. The van der Waals surface area contributed by atoms with Crippen LogP contribution in [0.5, 0.6) is 0 Å². The molecule has 0 aromatic carbocycles. The second kappa shape index (κ2) is 5.71. The molecule has 0 amide bonds. The molecular formula is C10H15N5O3. The fourth-order valence-electron chi connectivity index (χ4n) is 1.31. The first-order valence-electron chi connectivity index (χ1n) is 5.07. The topological polar surface area (TPSA) is 122 Å². The molecule has 0 fully saturated rings. The first kappa shape index (κ1) is 13.6. The molecule has 18 heavy (non-hydrogen) atoms. The van der Waals surface area contributed by atoms with Crippen LogP contribution in [0.25, 0.3) is 0 Å². The average Bonchev–Trinajstić information content (AvgIpc) is 2.75. The van der Waals surface area contributed by atoms with Crippen molar-refractivity contribution in [2.75, 3.05) is 7.11 Å². The minimum Gasteiger partial charge on any atom is -0.482 e. The van der Waals surface area contributed by atoms with Crippen molar-refractivity contribution in [2.24, 2.45) is 11.5 Å². The van der Waals surface area contributed by atoms with E-state index in [1.807, 2.05) is 0 Å². The van der Waals surface area contributed by atoms with Crippen LogP contribution in [0.1, 0.15) is 6.92 Å². The standard InChI is InChI=1S/C10H15N5O3/c1-7(11)3-8(10(12)18-2)5-14-6-9(4-13-14)15(16)17/h3-4,6H,5,11-12H2,1-2H3/b7-3-,10-8-. The van der Waals surface area contributed by atoms with Gasteiger partial charge >= 0.3 is 5.69 Å². The van der Waals surface area contributed by atoms with E-state index in [1.165, 1.54) is 24.2 Å². The minimum absolute atomic E-state index is 0.0845. The number of rotatable bonds is 5. The van der Waals surface area contributed by atoms with Crippen molar-refractivity contribution in [1.82, 2.24) is 9.78 Å². The van der Waals surface area contributed by atoms with Crippen molar-refractivity contribution in [1.29, 1.82) is 0 Å². The lowest BCUT2D eigenvalue weighted by molar-refractivity contribution is -0.385. The van der Waals surface area contributed by atoms with Crippen LogP contribution >= 0.6 is 0 Å². The number of hydrogen-bond acceptors (Lipinski definition) is 6. The second-order valence-electron chi connectivity index (χ2n) is 3.64. The van der Waals surface area contributed by atoms with E-state index in [2.05, 4.69) is 5.10 Å². The van der Waals surface area contributed by atoms with Gasteiger partial charge in [-0.15, -0.1) is 0 Å². The Morgan fingerprint density at radius 1 is 1.67 bits per heavy atom. The molecule has 0 radical (unpaired) electrons. The van der Waals surface area contributed by atoms with Crippen LogP contribution in [0, 0.1) is 10.1 Å². The van der Waals surface area contributed by atoms with Crippen LogP contribution in [0.2, 0.25) is 0 Å². The molecule has 0 bridgehead atoms. The molecule has 1 aromatic rings. The SMILES string of the molecule is CO/C(N)=C(/C=C(/C)N)Cn1cc([N+](=O)[O-])cn1. The monoisotopic (exact) mass is 253 g/mol. The molecule has 0 aliphatic rings. The molecular weight excluding hydrogens is 238 g/mol. The second-order valence-corrected chi connectivity index (χ2v) is 3.64. The highest BCUT2D eigenvalue weighted by Crippen LogP contribution is 2.12. The van der Waals surface area contributed by atoms with Gasteiger partial charge in [-0.3, -0.25) is 14.8 Å². The summed E-state index contributed by atoms with van der Waals surface area (Å²) in [5.41, 5.74) is 12.3. The van der Waals surface area contributed by atoms with E-state index in [0.717, 1.165) is 0 Å². The summed E-state index contributed by atoms with van der Waals surface area (Å²) in [5, 5.41) is 14.4. The largest absolute Gasteiger partial charge is 0.482 e. The first-order valence-corrected chi connectivity index (χ1v) is 5.07. The van der Waals surface area contributed by atoms with Crippen LogP contribution < -0.4 is 11.5 Å². The fourth-order valence-corrected chi connectivity index (χ4v) is 1.31. The van der Waals surface area contributed by atoms with Gasteiger partial charge in [0.05, 0.1) is 18.6 Å². The third-order valence-electron chi connectivity index (χ3n) is 2.10. The van der Waals surface area contributed by atoms with Crippen molar-refractivity contribution >= 4 is 5.69 Å². The third kappa shape index (κ3) is 3.51. The van der Waals surface area contributed by atoms with Crippen molar-refractivity contribution < 1.29 is 9.66 Å². The van der Waals surface area contributed by atoms with E-state index in [9.17, 15) is 10.1 Å². The van der Waals surface area contributed by atoms with Crippen molar-refractivity contribution in [3.05, 3.63) is 45.7 Å². The van der Waals surface area contributed by atoms with Gasteiger partial charge in [-0.05, 0) is 13.0 Å². The van der Waals surface area contributed by atoms with Gasteiger partial charge in [-0.2, -0.15) is 5.10 Å². The normalized spacial score (nSPS) is 13.1. The van der Waals surface area contributed by atoms with Crippen LogP contribution in [0.15, 0.2) is 35.6 Å². The molecule has 0 atom stereocenters. The molecule has 8 nitrogen and oxygen atoms in total. The maximum atomic E-state index is 10.5.